The van der Waals surface area contributed by atoms with Gasteiger partial charge in [-0.3, -0.25) is 0 Å². The second-order valence-electron chi connectivity index (χ2n) is 7.46. The summed E-state index contributed by atoms with van der Waals surface area (Å²) in [6.07, 6.45) is 8.76. The second-order valence-corrected chi connectivity index (χ2v) is 7.46. The summed E-state index contributed by atoms with van der Waals surface area (Å²) in [5.74, 6) is 4.14. The smallest absolute Gasteiger partial charge is 0.0211 e. The predicted octanol–water partition coefficient (Wildman–Crippen LogP) is 4.16. The first kappa shape index (κ1) is 12.9. The van der Waals surface area contributed by atoms with Crippen molar-refractivity contribution in [3.63, 3.8) is 0 Å². The number of hydrogen-bond acceptors (Lipinski definition) is 1. The SMILES string of the molecule is CCc1ccccc1CNC1C2CC3CC(C2)CC1C3. The Bertz CT molecular complexity index is 450. The van der Waals surface area contributed by atoms with Gasteiger partial charge in [0.05, 0.1) is 0 Å². The van der Waals surface area contributed by atoms with E-state index < -0.39 is 0 Å². The summed E-state index contributed by atoms with van der Waals surface area (Å²) in [5.41, 5.74) is 3.03. The molecule has 4 fully saturated rings. The molecule has 5 rings (SSSR count). The van der Waals surface area contributed by atoms with E-state index >= 15 is 0 Å². The molecule has 0 aliphatic heterocycles. The molecule has 0 spiro atoms. The zero-order valence-electron chi connectivity index (χ0n) is 12.6. The molecule has 0 unspecified atom stereocenters. The molecule has 0 atom stereocenters. The maximum atomic E-state index is 3.96. The molecule has 20 heavy (non-hydrogen) atoms. The summed E-state index contributed by atoms with van der Waals surface area (Å²) < 4.78 is 0. The van der Waals surface area contributed by atoms with Gasteiger partial charge in [0, 0.05) is 12.6 Å². The Labute approximate surface area is 123 Å². The van der Waals surface area contributed by atoms with E-state index in [9.17, 15) is 0 Å². The molecular formula is C19H27N. The molecule has 0 radical (unpaired) electrons. The number of hydrogen-bond donors (Lipinski definition) is 1. The summed E-state index contributed by atoms with van der Waals surface area (Å²) in [6, 6.07) is 9.77. The van der Waals surface area contributed by atoms with Crippen molar-refractivity contribution in [3.8, 4) is 0 Å². The number of aryl methyl sites for hydroxylation is 1. The highest BCUT2D eigenvalue weighted by Gasteiger charge is 2.47. The highest BCUT2D eigenvalue weighted by molar-refractivity contribution is 5.27. The van der Waals surface area contributed by atoms with Gasteiger partial charge >= 0.3 is 0 Å². The van der Waals surface area contributed by atoms with E-state index in [1.54, 1.807) is 6.42 Å². The van der Waals surface area contributed by atoms with Crippen LogP contribution in [0.2, 0.25) is 0 Å². The van der Waals surface area contributed by atoms with Crippen molar-refractivity contribution in [2.45, 2.75) is 58.0 Å². The highest BCUT2D eigenvalue weighted by Crippen LogP contribution is 2.53. The minimum Gasteiger partial charge on any atom is -0.309 e. The average molecular weight is 269 g/mol. The fourth-order valence-electron chi connectivity index (χ4n) is 5.56. The van der Waals surface area contributed by atoms with Gasteiger partial charge in [-0.2, -0.15) is 0 Å². The van der Waals surface area contributed by atoms with Crippen molar-refractivity contribution in [1.82, 2.24) is 5.32 Å². The summed E-state index contributed by atoms with van der Waals surface area (Å²) in [7, 11) is 0. The number of rotatable bonds is 4. The summed E-state index contributed by atoms with van der Waals surface area (Å²) in [6.45, 7) is 3.35. The van der Waals surface area contributed by atoms with E-state index in [4.69, 9.17) is 0 Å². The van der Waals surface area contributed by atoms with E-state index in [1.165, 1.54) is 36.8 Å². The third-order valence-electron chi connectivity index (χ3n) is 6.25. The molecule has 4 aliphatic rings. The van der Waals surface area contributed by atoms with Crippen LogP contribution in [0.5, 0.6) is 0 Å². The molecule has 0 aromatic heterocycles. The Morgan fingerprint density at radius 2 is 1.50 bits per heavy atom. The zero-order valence-corrected chi connectivity index (χ0v) is 12.6. The Morgan fingerprint density at radius 1 is 0.900 bits per heavy atom. The van der Waals surface area contributed by atoms with E-state index in [2.05, 4.69) is 36.5 Å². The third-order valence-corrected chi connectivity index (χ3v) is 6.25. The van der Waals surface area contributed by atoms with Crippen LogP contribution in [0.25, 0.3) is 0 Å². The largest absolute Gasteiger partial charge is 0.309 e. The standard InChI is InChI=1S/C19H27N/c1-2-15-5-3-4-6-16(15)12-20-19-17-8-13-7-14(10-17)11-18(19)9-13/h3-6,13-14,17-20H,2,7-12H2,1H3. The lowest BCUT2D eigenvalue weighted by atomic mass is 9.54. The summed E-state index contributed by atoms with van der Waals surface area (Å²) in [4.78, 5) is 0. The molecule has 0 amide bonds. The van der Waals surface area contributed by atoms with Crippen molar-refractivity contribution >= 4 is 0 Å². The Hall–Kier alpha value is -0.820. The van der Waals surface area contributed by atoms with Gasteiger partial charge in [0.15, 0.2) is 0 Å². The molecule has 1 heteroatoms. The lowest BCUT2D eigenvalue weighted by molar-refractivity contribution is -0.0142. The van der Waals surface area contributed by atoms with Gasteiger partial charge in [-0.05, 0) is 73.3 Å². The lowest BCUT2D eigenvalue weighted by Crippen LogP contribution is -2.54. The fourth-order valence-corrected chi connectivity index (χ4v) is 5.56. The van der Waals surface area contributed by atoms with Gasteiger partial charge in [-0.1, -0.05) is 31.2 Å². The Balaban J connectivity index is 1.45. The minimum atomic E-state index is 0.813. The number of benzene rings is 1. The molecule has 108 valence electrons. The van der Waals surface area contributed by atoms with Crippen LogP contribution in [0, 0.1) is 23.7 Å². The molecule has 1 nitrogen and oxygen atoms in total. The quantitative estimate of drug-likeness (QED) is 0.865. The molecule has 1 aromatic carbocycles. The highest BCUT2D eigenvalue weighted by atomic mass is 14.9. The van der Waals surface area contributed by atoms with Gasteiger partial charge in [-0.15, -0.1) is 0 Å². The Morgan fingerprint density at radius 3 is 2.10 bits per heavy atom. The van der Waals surface area contributed by atoms with E-state index in [0.717, 1.165) is 42.7 Å². The van der Waals surface area contributed by atoms with Crippen LogP contribution in [-0.2, 0) is 13.0 Å². The van der Waals surface area contributed by atoms with Crippen LogP contribution < -0.4 is 5.32 Å². The van der Waals surface area contributed by atoms with Crippen LogP contribution >= 0.6 is 0 Å². The van der Waals surface area contributed by atoms with Crippen molar-refractivity contribution in [2.75, 3.05) is 0 Å². The maximum absolute atomic E-state index is 3.96. The molecule has 4 bridgehead atoms. The van der Waals surface area contributed by atoms with Gasteiger partial charge in [-0.25, -0.2) is 0 Å². The van der Waals surface area contributed by atoms with Gasteiger partial charge in [0.25, 0.3) is 0 Å². The van der Waals surface area contributed by atoms with Crippen LogP contribution in [0.1, 0.15) is 50.2 Å². The topological polar surface area (TPSA) is 12.0 Å². The fraction of sp³-hybridized carbons (Fsp3) is 0.684. The normalized spacial score (nSPS) is 38.4. The monoisotopic (exact) mass is 269 g/mol. The number of nitrogens with one attached hydrogen (secondary N) is 1. The first-order valence-corrected chi connectivity index (χ1v) is 8.63. The van der Waals surface area contributed by atoms with E-state index in [0.29, 0.717) is 0 Å². The van der Waals surface area contributed by atoms with Crippen LogP contribution in [0.15, 0.2) is 24.3 Å². The average Bonchev–Trinajstić information content (AvgIpc) is 2.46. The molecule has 0 saturated heterocycles. The van der Waals surface area contributed by atoms with Crippen LogP contribution in [0.4, 0.5) is 0 Å². The van der Waals surface area contributed by atoms with E-state index in [1.807, 2.05) is 0 Å². The van der Waals surface area contributed by atoms with Gasteiger partial charge in [0.2, 0.25) is 0 Å². The summed E-state index contributed by atoms with van der Waals surface area (Å²) >= 11 is 0. The van der Waals surface area contributed by atoms with Crippen LogP contribution in [-0.4, -0.2) is 6.04 Å². The van der Waals surface area contributed by atoms with Gasteiger partial charge < -0.3 is 5.32 Å². The molecule has 1 N–H and O–H groups in total. The molecular weight excluding hydrogens is 242 g/mol. The lowest BCUT2D eigenvalue weighted by Gasteiger charge is -2.54. The summed E-state index contributed by atoms with van der Waals surface area (Å²) in [5, 5.41) is 3.96. The van der Waals surface area contributed by atoms with Crippen molar-refractivity contribution in [2.24, 2.45) is 23.7 Å². The minimum absolute atomic E-state index is 0.813. The van der Waals surface area contributed by atoms with Crippen molar-refractivity contribution in [1.29, 1.82) is 0 Å². The first-order valence-electron chi connectivity index (χ1n) is 8.63. The van der Waals surface area contributed by atoms with Crippen LogP contribution in [0.3, 0.4) is 0 Å². The van der Waals surface area contributed by atoms with Gasteiger partial charge in [0.1, 0.15) is 0 Å². The second kappa shape index (κ2) is 5.18. The van der Waals surface area contributed by atoms with E-state index in [-0.39, 0.29) is 0 Å². The molecule has 1 aromatic rings. The van der Waals surface area contributed by atoms with Crippen molar-refractivity contribution in [3.05, 3.63) is 35.4 Å². The molecule has 4 aliphatic carbocycles. The predicted molar refractivity (Wildman–Crippen MR) is 83.5 cm³/mol. The molecule has 4 saturated carbocycles. The first-order chi connectivity index (χ1) is 9.83. The van der Waals surface area contributed by atoms with Crippen molar-refractivity contribution < 1.29 is 0 Å². The zero-order chi connectivity index (χ0) is 13.5. The third kappa shape index (κ3) is 2.20. The Kier molecular flexibility index (Phi) is 3.34. The maximum Gasteiger partial charge on any atom is 0.0211 e. The molecule has 0 heterocycles.